The van der Waals surface area contributed by atoms with Gasteiger partial charge in [0.2, 0.25) is 5.95 Å². The predicted molar refractivity (Wildman–Crippen MR) is 79.0 cm³/mol. The molecule has 0 spiro atoms. The van der Waals surface area contributed by atoms with Gasteiger partial charge in [0.05, 0.1) is 0 Å². The quantitative estimate of drug-likeness (QED) is 0.918. The molecule has 3 rings (SSSR count). The van der Waals surface area contributed by atoms with E-state index >= 15 is 0 Å². The highest BCUT2D eigenvalue weighted by atomic mass is 16.1. The molecule has 3 heterocycles. The van der Waals surface area contributed by atoms with Crippen LogP contribution in [0.1, 0.15) is 23.2 Å². The molecule has 2 aromatic rings. The Hall–Kier alpha value is -2.50. The van der Waals surface area contributed by atoms with Crippen molar-refractivity contribution in [3.8, 4) is 0 Å². The summed E-state index contributed by atoms with van der Waals surface area (Å²) in [4.78, 5) is 26.7. The number of amides is 1. The monoisotopic (exact) mass is 283 g/mol. The van der Waals surface area contributed by atoms with E-state index in [-0.39, 0.29) is 11.9 Å². The van der Waals surface area contributed by atoms with Crippen LogP contribution in [0.2, 0.25) is 0 Å². The van der Waals surface area contributed by atoms with Crippen LogP contribution in [0.3, 0.4) is 0 Å². The van der Waals surface area contributed by atoms with E-state index in [4.69, 9.17) is 0 Å². The van der Waals surface area contributed by atoms with Crippen molar-refractivity contribution >= 4 is 11.9 Å². The number of anilines is 1. The third-order valence-corrected chi connectivity index (χ3v) is 3.61. The minimum absolute atomic E-state index is 0.0354. The first-order valence-corrected chi connectivity index (χ1v) is 7.06. The van der Waals surface area contributed by atoms with Gasteiger partial charge in [-0.3, -0.25) is 9.78 Å². The fraction of sp³-hybridized carbons (Fsp3) is 0.333. The van der Waals surface area contributed by atoms with Gasteiger partial charge in [-0.25, -0.2) is 9.97 Å². The summed E-state index contributed by atoms with van der Waals surface area (Å²) in [5.74, 6) is 0.725. The Labute approximate surface area is 123 Å². The summed E-state index contributed by atoms with van der Waals surface area (Å²) in [6.07, 6.45) is 8.55. The highest BCUT2D eigenvalue weighted by Crippen LogP contribution is 2.15. The number of hydrogen-bond donors (Lipinski definition) is 1. The largest absolute Gasteiger partial charge is 0.349 e. The third-order valence-electron chi connectivity index (χ3n) is 3.61. The van der Waals surface area contributed by atoms with Crippen LogP contribution in [0.5, 0.6) is 0 Å². The molecule has 108 valence electrons. The minimum Gasteiger partial charge on any atom is -0.349 e. The Balaban J connectivity index is 1.53. The molecule has 6 heteroatoms. The number of carbonyl (C=O) groups is 1. The SMILES string of the molecule is O=C(NC1CCN(c2ncccn2)CC1)c1ccncc1. The van der Waals surface area contributed by atoms with Crippen LogP contribution in [-0.4, -0.2) is 40.0 Å². The van der Waals surface area contributed by atoms with Crippen LogP contribution in [0, 0.1) is 0 Å². The van der Waals surface area contributed by atoms with Gasteiger partial charge in [0.25, 0.3) is 5.91 Å². The van der Waals surface area contributed by atoms with Crippen molar-refractivity contribution in [2.45, 2.75) is 18.9 Å². The van der Waals surface area contributed by atoms with Gasteiger partial charge in [0, 0.05) is 49.5 Å². The van der Waals surface area contributed by atoms with Gasteiger partial charge < -0.3 is 10.2 Å². The van der Waals surface area contributed by atoms with E-state index in [0.717, 1.165) is 31.9 Å². The first-order chi connectivity index (χ1) is 10.3. The van der Waals surface area contributed by atoms with Crippen LogP contribution in [0.4, 0.5) is 5.95 Å². The molecule has 0 aliphatic carbocycles. The maximum absolute atomic E-state index is 12.1. The minimum atomic E-state index is -0.0354. The number of carbonyl (C=O) groups excluding carboxylic acids is 1. The summed E-state index contributed by atoms with van der Waals surface area (Å²) in [6.45, 7) is 1.70. The summed E-state index contributed by atoms with van der Waals surface area (Å²) < 4.78 is 0. The van der Waals surface area contributed by atoms with Crippen molar-refractivity contribution in [2.24, 2.45) is 0 Å². The van der Waals surface area contributed by atoms with Crippen LogP contribution in [-0.2, 0) is 0 Å². The molecule has 1 amide bonds. The lowest BCUT2D eigenvalue weighted by atomic mass is 10.0. The normalized spacial score (nSPS) is 15.7. The van der Waals surface area contributed by atoms with Crippen molar-refractivity contribution in [3.05, 3.63) is 48.5 Å². The molecule has 1 aliphatic heterocycles. The van der Waals surface area contributed by atoms with Crippen molar-refractivity contribution in [3.63, 3.8) is 0 Å². The smallest absolute Gasteiger partial charge is 0.251 e. The van der Waals surface area contributed by atoms with E-state index in [0.29, 0.717) is 5.56 Å². The van der Waals surface area contributed by atoms with Gasteiger partial charge in [-0.05, 0) is 31.0 Å². The van der Waals surface area contributed by atoms with Gasteiger partial charge in [-0.15, -0.1) is 0 Å². The summed E-state index contributed by atoms with van der Waals surface area (Å²) in [5, 5.41) is 3.07. The van der Waals surface area contributed by atoms with Crippen LogP contribution >= 0.6 is 0 Å². The second-order valence-electron chi connectivity index (χ2n) is 5.02. The number of nitrogens with one attached hydrogen (secondary N) is 1. The summed E-state index contributed by atoms with van der Waals surface area (Å²) in [7, 11) is 0. The highest BCUT2D eigenvalue weighted by Gasteiger charge is 2.22. The molecule has 2 aromatic heterocycles. The molecule has 0 radical (unpaired) electrons. The lowest BCUT2D eigenvalue weighted by molar-refractivity contribution is 0.0931. The van der Waals surface area contributed by atoms with Crippen molar-refractivity contribution in [1.29, 1.82) is 0 Å². The number of rotatable bonds is 3. The van der Waals surface area contributed by atoms with Gasteiger partial charge in [-0.2, -0.15) is 0 Å². The van der Waals surface area contributed by atoms with E-state index in [9.17, 15) is 4.79 Å². The Kier molecular flexibility index (Phi) is 4.04. The highest BCUT2D eigenvalue weighted by molar-refractivity contribution is 5.94. The molecule has 0 aromatic carbocycles. The molecular formula is C15H17N5O. The summed E-state index contributed by atoms with van der Waals surface area (Å²) in [6, 6.07) is 5.46. The average molecular weight is 283 g/mol. The Bertz CT molecular complexity index is 582. The Morgan fingerprint density at radius 1 is 1.10 bits per heavy atom. The van der Waals surface area contributed by atoms with Crippen LogP contribution < -0.4 is 10.2 Å². The van der Waals surface area contributed by atoms with Crippen molar-refractivity contribution in [1.82, 2.24) is 20.3 Å². The zero-order valence-electron chi connectivity index (χ0n) is 11.6. The molecule has 6 nitrogen and oxygen atoms in total. The summed E-state index contributed by atoms with van der Waals surface area (Å²) >= 11 is 0. The number of pyridine rings is 1. The van der Waals surface area contributed by atoms with Gasteiger partial charge in [0.15, 0.2) is 0 Å². The fourth-order valence-electron chi connectivity index (χ4n) is 2.45. The molecule has 1 fully saturated rings. The van der Waals surface area contributed by atoms with Crippen LogP contribution in [0.15, 0.2) is 43.0 Å². The van der Waals surface area contributed by atoms with E-state index < -0.39 is 0 Å². The average Bonchev–Trinajstić information content (AvgIpc) is 2.57. The standard InChI is InChI=1S/C15H17N5O/c21-14(12-2-8-16-9-3-12)19-13-4-10-20(11-5-13)15-17-6-1-7-18-15/h1-3,6-9,13H,4-5,10-11H2,(H,19,21). The molecule has 0 atom stereocenters. The number of piperidine rings is 1. The van der Waals surface area contributed by atoms with Crippen molar-refractivity contribution < 1.29 is 4.79 Å². The van der Waals surface area contributed by atoms with E-state index in [1.165, 1.54) is 0 Å². The predicted octanol–water partition coefficient (Wildman–Crippen LogP) is 1.27. The molecular weight excluding hydrogens is 266 g/mol. The molecule has 1 aliphatic rings. The second kappa shape index (κ2) is 6.30. The third kappa shape index (κ3) is 3.34. The van der Waals surface area contributed by atoms with Gasteiger partial charge >= 0.3 is 0 Å². The van der Waals surface area contributed by atoms with E-state index in [1.807, 2.05) is 6.07 Å². The molecule has 0 saturated carbocycles. The lowest BCUT2D eigenvalue weighted by Gasteiger charge is -2.32. The maximum Gasteiger partial charge on any atom is 0.251 e. The molecule has 21 heavy (non-hydrogen) atoms. The van der Waals surface area contributed by atoms with Crippen molar-refractivity contribution in [2.75, 3.05) is 18.0 Å². The number of nitrogens with zero attached hydrogens (tertiary/aromatic N) is 4. The Morgan fingerprint density at radius 2 is 1.76 bits per heavy atom. The lowest BCUT2D eigenvalue weighted by Crippen LogP contribution is -2.45. The first-order valence-electron chi connectivity index (χ1n) is 7.06. The molecule has 1 saturated heterocycles. The van der Waals surface area contributed by atoms with E-state index in [2.05, 4.69) is 25.2 Å². The van der Waals surface area contributed by atoms with Crippen LogP contribution in [0.25, 0.3) is 0 Å². The molecule has 0 unspecified atom stereocenters. The fourth-order valence-corrected chi connectivity index (χ4v) is 2.45. The number of hydrogen-bond acceptors (Lipinski definition) is 5. The second-order valence-corrected chi connectivity index (χ2v) is 5.02. The first kappa shape index (κ1) is 13.5. The molecule has 1 N–H and O–H groups in total. The number of aromatic nitrogens is 3. The zero-order valence-corrected chi connectivity index (χ0v) is 11.6. The van der Waals surface area contributed by atoms with Gasteiger partial charge in [-0.1, -0.05) is 0 Å². The topological polar surface area (TPSA) is 71.0 Å². The maximum atomic E-state index is 12.1. The Morgan fingerprint density at radius 3 is 2.43 bits per heavy atom. The van der Waals surface area contributed by atoms with E-state index in [1.54, 1.807) is 36.9 Å². The summed E-state index contributed by atoms with van der Waals surface area (Å²) in [5.41, 5.74) is 0.652. The van der Waals surface area contributed by atoms with Gasteiger partial charge in [0.1, 0.15) is 0 Å². The zero-order chi connectivity index (χ0) is 14.5. The molecule has 0 bridgehead atoms.